The average Bonchev–Trinajstić information content (AvgIpc) is 2.05. The first-order chi connectivity index (χ1) is 5.66. The quantitative estimate of drug-likeness (QED) is 0.503. The van der Waals surface area contributed by atoms with Crippen LogP contribution in [0.1, 0.15) is 10.4 Å². The van der Waals surface area contributed by atoms with Gasteiger partial charge in [-0.1, -0.05) is 30.3 Å². The van der Waals surface area contributed by atoms with Gasteiger partial charge >= 0.3 is 0 Å². The van der Waals surface area contributed by atoms with Crippen molar-refractivity contribution in [3.63, 3.8) is 0 Å². The molecule has 0 spiro atoms. The van der Waals surface area contributed by atoms with E-state index in [1.54, 1.807) is 12.1 Å². The van der Waals surface area contributed by atoms with Crippen LogP contribution >= 0.6 is 0 Å². The van der Waals surface area contributed by atoms with Crippen LogP contribution in [0.2, 0.25) is 0 Å². The van der Waals surface area contributed by atoms with E-state index in [1.165, 1.54) is 0 Å². The molecule has 0 aliphatic heterocycles. The molecule has 4 nitrogen and oxygen atoms in total. The fourth-order valence-electron chi connectivity index (χ4n) is 0.532. The third-order valence-corrected chi connectivity index (χ3v) is 0.936. The van der Waals surface area contributed by atoms with Crippen molar-refractivity contribution in [2.75, 3.05) is 0 Å². The highest BCUT2D eigenvalue weighted by molar-refractivity contribution is 7.76. The van der Waals surface area contributed by atoms with Gasteiger partial charge in [-0.15, -0.1) is 0 Å². The Bertz CT molecular complexity index is 246. The van der Waals surface area contributed by atoms with E-state index in [-0.39, 0.29) is 0 Å². The Balaban J connectivity index is 0.000000261. The zero-order valence-electron chi connectivity index (χ0n) is 6.17. The summed E-state index contributed by atoms with van der Waals surface area (Å²) >= 11 is -2.36. The number of rotatable bonds is 1. The molecule has 1 unspecified atom stereocenters. The first-order valence-electron chi connectivity index (χ1n) is 3.00. The Hall–Kier alpha value is -1.04. The first-order valence-corrected chi connectivity index (χ1v) is 4.14. The number of carbonyl (C=O) groups excluding carboxylic acids is 1. The summed E-state index contributed by atoms with van der Waals surface area (Å²) in [7, 11) is 0. The number of carbonyl (C=O) groups is 1. The molecule has 12 heavy (non-hydrogen) atoms. The molecule has 2 N–H and O–H groups in total. The third kappa shape index (κ3) is 7.07. The standard InChI is InChI=1S/C7H6O.H3NO2S/c8-6-7-4-2-1-3-5-7;1-4(2)3/h1-6H;1H2,(H,2,3)/p-1. The van der Waals surface area contributed by atoms with Crippen molar-refractivity contribution in [1.82, 2.24) is 0 Å². The first kappa shape index (κ1) is 11.0. The average molecular weight is 186 g/mol. The van der Waals surface area contributed by atoms with Gasteiger partial charge in [-0.3, -0.25) is 14.1 Å². The van der Waals surface area contributed by atoms with Gasteiger partial charge in [0.15, 0.2) is 0 Å². The van der Waals surface area contributed by atoms with Crippen molar-refractivity contribution in [3.8, 4) is 0 Å². The van der Waals surface area contributed by atoms with E-state index in [2.05, 4.69) is 5.14 Å². The van der Waals surface area contributed by atoms with E-state index < -0.39 is 11.3 Å². The molecule has 0 amide bonds. The van der Waals surface area contributed by atoms with Gasteiger partial charge in [0.05, 0.1) is 0 Å². The summed E-state index contributed by atoms with van der Waals surface area (Å²) in [6.07, 6.45) is 0.833. The van der Waals surface area contributed by atoms with E-state index in [9.17, 15) is 4.79 Å². The number of benzene rings is 1. The van der Waals surface area contributed by atoms with Crippen LogP contribution in [-0.4, -0.2) is 15.0 Å². The maximum absolute atomic E-state index is 10.0. The van der Waals surface area contributed by atoms with Gasteiger partial charge in [0.1, 0.15) is 6.29 Å². The Labute approximate surface area is 72.8 Å². The molecule has 0 heterocycles. The summed E-state index contributed by atoms with van der Waals surface area (Å²) < 4.78 is 17.6. The molecule has 0 radical (unpaired) electrons. The van der Waals surface area contributed by atoms with Gasteiger partial charge in [0.2, 0.25) is 0 Å². The molecule has 0 aromatic heterocycles. The zero-order chi connectivity index (χ0) is 9.40. The predicted octanol–water partition coefficient (Wildman–Crippen LogP) is 0.238. The lowest BCUT2D eigenvalue weighted by Gasteiger charge is -1.85. The Morgan fingerprint density at radius 1 is 1.33 bits per heavy atom. The topological polar surface area (TPSA) is 83.2 Å². The zero-order valence-corrected chi connectivity index (χ0v) is 6.99. The fraction of sp³-hybridized carbons (Fsp3) is 0. The van der Waals surface area contributed by atoms with Crippen molar-refractivity contribution >= 4 is 17.6 Å². The number of aldehydes is 1. The summed E-state index contributed by atoms with van der Waals surface area (Å²) in [5.41, 5.74) is 0.729. The van der Waals surface area contributed by atoms with Crippen LogP contribution in [0, 0.1) is 0 Å². The highest BCUT2D eigenvalue weighted by atomic mass is 32.2. The molecule has 1 aromatic rings. The summed E-state index contributed by atoms with van der Waals surface area (Å²) in [5, 5.41) is 4.03. The number of hydrogen-bond donors (Lipinski definition) is 1. The summed E-state index contributed by atoms with van der Waals surface area (Å²) in [4.78, 5) is 10.0. The predicted molar refractivity (Wildman–Crippen MR) is 44.9 cm³/mol. The van der Waals surface area contributed by atoms with Crippen molar-refractivity contribution in [2.45, 2.75) is 0 Å². The van der Waals surface area contributed by atoms with E-state index in [0.29, 0.717) is 0 Å². The minimum Gasteiger partial charge on any atom is -0.760 e. The van der Waals surface area contributed by atoms with Gasteiger partial charge in [-0.2, -0.15) is 0 Å². The van der Waals surface area contributed by atoms with Crippen molar-refractivity contribution < 1.29 is 13.6 Å². The molecule has 0 aliphatic carbocycles. The number of hydrogen-bond acceptors (Lipinski definition) is 3. The van der Waals surface area contributed by atoms with Gasteiger partial charge in [-0.25, -0.2) is 0 Å². The van der Waals surface area contributed by atoms with Crippen molar-refractivity contribution in [1.29, 1.82) is 0 Å². The van der Waals surface area contributed by atoms with Gasteiger partial charge < -0.3 is 4.55 Å². The minimum absolute atomic E-state index is 0.729. The summed E-state index contributed by atoms with van der Waals surface area (Å²) in [5.74, 6) is 0. The number of nitrogens with two attached hydrogens (primary N) is 1. The minimum atomic E-state index is -2.36. The van der Waals surface area contributed by atoms with Crippen molar-refractivity contribution in [2.24, 2.45) is 5.14 Å². The van der Waals surface area contributed by atoms with Crippen LogP contribution in [0.3, 0.4) is 0 Å². The van der Waals surface area contributed by atoms with E-state index in [1.807, 2.05) is 18.2 Å². The molecule has 5 heteroatoms. The maximum atomic E-state index is 10.0. The highest BCUT2D eigenvalue weighted by Gasteiger charge is 1.79. The lowest BCUT2D eigenvalue weighted by atomic mass is 10.2. The second kappa shape index (κ2) is 6.66. The molecule has 1 atom stereocenters. The molecule has 0 aliphatic rings. The van der Waals surface area contributed by atoms with Crippen LogP contribution in [0.4, 0.5) is 0 Å². The molecule has 1 aromatic carbocycles. The second-order valence-electron chi connectivity index (χ2n) is 1.79. The lowest BCUT2D eigenvalue weighted by molar-refractivity contribution is 0.112. The smallest absolute Gasteiger partial charge is 0.150 e. The molecular weight excluding hydrogens is 178 g/mol. The lowest BCUT2D eigenvalue weighted by Crippen LogP contribution is -1.97. The van der Waals surface area contributed by atoms with E-state index >= 15 is 0 Å². The Morgan fingerprint density at radius 3 is 2.00 bits per heavy atom. The highest BCUT2D eigenvalue weighted by Crippen LogP contribution is 1.91. The van der Waals surface area contributed by atoms with Crippen LogP contribution in [0.25, 0.3) is 0 Å². The monoisotopic (exact) mass is 186 g/mol. The molecule has 0 saturated heterocycles. The third-order valence-electron chi connectivity index (χ3n) is 0.936. The summed E-state index contributed by atoms with van der Waals surface area (Å²) in [6.45, 7) is 0. The Kier molecular flexibility index (Phi) is 6.08. The molecule has 66 valence electrons. The fourth-order valence-corrected chi connectivity index (χ4v) is 0.532. The van der Waals surface area contributed by atoms with Crippen LogP contribution in [0.5, 0.6) is 0 Å². The largest absolute Gasteiger partial charge is 0.760 e. The van der Waals surface area contributed by atoms with Gasteiger partial charge in [0.25, 0.3) is 0 Å². The van der Waals surface area contributed by atoms with E-state index in [4.69, 9.17) is 8.76 Å². The van der Waals surface area contributed by atoms with E-state index in [0.717, 1.165) is 11.8 Å². The molecule has 0 fully saturated rings. The molecule has 0 saturated carbocycles. The maximum Gasteiger partial charge on any atom is 0.150 e. The van der Waals surface area contributed by atoms with Crippen LogP contribution in [-0.2, 0) is 11.3 Å². The van der Waals surface area contributed by atoms with Crippen molar-refractivity contribution in [3.05, 3.63) is 35.9 Å². The van der Waals surface area contributed by atoms with Crippen LogP contribution in [0.15, 0.2) is 30.3 Å². The SMILES string of the molecule is NS(=O)[O-].O=Cc1ccccc1. The second-order valence-corrected chi connectivity index (χ2v) is 2.31. The Morgan fingerprint density at radius 2 is 1.75 bits per heavy atom. The van der Waals surface area contributed by atoms with Gasteiger partial charge in [-0.05, 0) is 0 Å². The molecule has 1 rings (SSSR count). The summed E-state index contributed by atoms with van der Waals surface area (Å²) in [6, 6.07) is 9.10. The van der Waals surface area contributed by atoms with Crippen LogP contribution < -0.4 is 5.14 Å². The normalized spacial score (nSPS) is 10.8. The molecule has 0 bridgehead atoms. The molecular formula is C7H8NO3S-. The van der Waals surface area contributed by atoms with Gasteiger partial charge in [0, 0.05) is 16.8 Å².